The Bertz CT molecular complexity index is 1210. The van der Waals surface area contributed by atoms with Crippen molar-refractivity contribution in [2.24, 2.45) is 0 Å². The number of nitrogens with zero attached hydrogens (tertiary/aromatic N) is 1. The largest absolute Gasteiger partial charge is 0.494 e. The first-order valence-electron chi connectivity index (χ1n) is 10.2. The second kappa shape index (κ2) is 9.37. The Kier molecular flexibility index (Phi) is 6.92. The van der Waals surface area contributed by atoms with Crippen molar-refractivity contribution in [2.45, 2.75) is 43.8 Å². The second-order valence-corrected chi connectivity index (χ2v) is 10.3. The molecule has 2 N–H and O–H groups in total. The lowest BCUT2D eigenvalue weighted by Crippen LogP contribution is -2.44. The molecule has 184 valence electrons. The molecular weight excluding hydrogens is 471 g/mol. The Morgan fingerprint density at radius 2 is 1.94 bits per heavy atom. The third-order valence-corrected chi connectivity index (χ3v) is 6.42. The van der Waals surface area contributed by atoms with Crippen molar-refractivity contribution >= 4 is 33.5 Å². The Balaban J connectivity index is 2.03. The van der Waals surface area contributed by atoms with Crippen LogP contribution >= 0.6 is 0 Å². The van der Waals surface area contributed by atoms with Crippen LogP contribution in [0.5, 0.6) is 11.5 Å². The average molecular weight is 497 g/mol. The Labute approximate surface area is 196 Å². The molecule has 1 aliphatic rings. The first kappa shape index (κ1) is 25.1. The summed E-state index contributed by atoms with van der Waals surface area (Å²) in [5, 5.41) is 11.7. The van der Waals surface area contributed by atoms with E-state index in [2.05, 4.69) is 5.32 Å². The molecule has 0 aromatic heterocycles. The number of fused-ring (bicyclic) bond motifs is 1. The minimum Gasteiger partial charge on any atom is -0.494 e. The molecule has 2 aromatic carbocycles. The van der Waals surface area contributed by atoms with E-state index in [4.69, 9.17) is 14.2 Å². The summed E-state index contributed by atoms with van der Waals surface area (Å²) < 4.78 is 57.7. The van der Waals surface area contributed by atoms with Gasteiger partial charge in [0.15, 0.2) is 11.6 Å². The number of ether oxygens (including phenoxy) is 3. The number of methoxy groups -OCH3 is 1. The van der Waals surface area contributed by atoms with Gasteiger partial charge in [-0.15, -0.1) is 0 Å². The Hall–Kier alpha value is -3.54. The van der Waals surface area contributed by atoms with Crippen LogP contribution in [-0.4, -0.2) is 50.9 Å². The van der Waals surface area contributed by atoms with E-state index < -0.39 is 46.0 Å². The highest BCUT2D eigenvalue weighted by Crippen LogP contribution is 2.40. The van der Waals surface area contributed by atoms with Gasteiger partial charge < -0.3 is 19.3 Å². The van der Waals surface area contributed by atoms with Crippen LogP contribution in [0.2, 0.25) is 0 Å². The topological polar surface area (TPSA) is 131 Å². The van der Waals surface area contributed by atoms with Gasteiger partial charge in [-0.25, -0.2) is 17.6 Å². The third kappa shape index (κ3) is 5.68. The van der Waals surface area contributed by atoms with Crippen molar-refractivity contribution in [2.75, 3.05) is 23.3 Å². The van der Waals surface area contributed by atoms with Gasteiger partial charge in [-0.05, 0) is 51.1 Å². The number of aliphatic carboxylic acids is 1. The lowest BCUT2D eigenvalue weighted by atomic mass is 10.1. The van der Waals surface area contributed by atoms with Crippen molar-refractivity contribution in [1.29, 1.82) is 0 Å². The fourth-order valence-corrected chi connectivity index (χ4v) is 4.78. The van der Waals surface area contributed by atoms with Gasteiger partial charge in [0.1, 0.15) is 17.5 Å². The highest BCUT2D eigenvalue weighted by Gasteiger charge is 2.36. The molecule has 0 bridgehead atoms. The number of amides is 1. The van der Waals surface area contributed by atoms with Crippen molar-refractivity contribution in [3.63, 3.8) is 0 Å². The van der Waals surface area contributed by atoms with Crippen LogP contribution in [0.25, 0.3) is 0 Å². The molecule has 12 heteroatoms. The smallest absolute Gasteiger partial charge is 0.412 e. The molecule has 0 spiro atoms. The van der Waals surface area contributed by atoms with Crippen molar-refractivity contribution in [1.82, 2.24) is 0 Å². The normalized spacial score (nSPS) is 15.7. The summed E-state index contributed by atoms with van der Waals surface area (Å²) in [5.41, 5.74) is -0.452. The van der Waals surface area contributed by atoms with Gasteiger partial charge in [-0.3, -0.25) is 14.4 Å². The molecule has 0 saturated heterocycles. The molecule has 2 aromatic rings. The number of carboxylic acids is 1. The third-order valence-electron chi connectivity index (χ3n) is 4.65. The van der Waals surface area contributed by atoms with Gasteiger partial charge in [0.05, 0.1) is 30.7 Å². The lowest BCUT2D eigenvalue weighted by molar-refractivity contribution is -0.138. The minimum absolute atomic E-state index is 0.0680. The average Bonchev–Trinajstić information content (AvgIpc) is 2.71. The molecule has 10 nitrogen and oxygen atoms in total. The maximum absolute atomic E-state index is 13.9. The van der Waals surface area contributed by atoms with Crippen LogP contribution in [-0.2, 0) is 19.6 Å². The van der Waals surface area contributed by atoms with Gasteiger partial charge in [0, 0.05) is 11.8 Å². The Morgan fingerprint density at radius 1 is 1.24 bits per heavy atom. The number of benzene rings is 2. The number of carbonyl (C=O) groups excluding carboxylic acids is 1. The number of hydrogen-bond donors (Lipinski definition) is 2. The predicted molar refractivity (Wildman–Crippen MR) is 120 cm³/mol. The van der Waals surface area contributed by atoms with Gasteiger partial charge in [0.2, 0.25) is 0 Å². The number of carbonyl (C=O) groups is 2. The Morgan fingerprint density at radius 3 is 2.56 bits per heavy atom. The minimum atomic E-state index is -4.30. The molecule has 3 rings (SSSR count). The molecule has 0 saturated carbocycles. The number of anilines is 2. The van der Waals surface area contributed by atoms with Crippen LogP contribution in [0.4, 0.5) is 20.6 Å². The molecule has 1 heterocycles. The fourth-order valence-electron chi connectivity index (χ4n) is 3.27. The number of hydrogen-bond acceptors (Lipinski definition) is 7. The van der Waals surface area contributed by atoms with E-state index in [0.29, 0.717) is 0 Å². The molecule has 1 unspecified atom stereocenters. The summed E-state index contributed by atoms with van der Waals surface area (Å²) in [6.45, 7) is 4.76. The zero-order valence-electron chi connectivity index (χ0n) is 19.0. The van der Waals surface area contributed by atoms with Gasteiger partial charge in [-0.2, -0.15) is 0 Å². The molecule has 1 amide bonds. The van der Waals surface area contributed by atoms with E-state index in [-0.39, 0.29) is 34.3 Å². The molecule has 0 aliphatic carbocycles. The standard InChI is InChI=1S/C22H25FN2O8S/c1-22(2,3)33-21(28)24-13-5-8-18-17(9-13)25(12-14(32-18)10-20(26)27)34(29,30)15-6-7-16(23)19(11-15)31-4/h5-9,11,14H,10,12H2,1-4H3,(H,24,28)(H,26,27). The number of rotatable bonds is 6. The van der Waals surface area contributed by atoms with E-state index in [9.17, 15) is 27.5 Å². The summed E-state index contributed by atoms with van der Waals surface area (Å²) in [4.78, 5) is 23.1. The summed E-state index contributed by atoms with van der Waals surface area (Å²) in [7, 11) is -3.09. The first-order chi connectivity index (χ1) is 15.8. The molecule has 0 fully saturated rings. The monoisotopic (exact) mass is 496 g/mol. The highest BCUT2D eigenvalue weighted by molar-refractivity contribution is 7.92. The van der Waals surface area contributed by atoms with Crippen molar-refractivity contribution in [3.8, 4) is 11.5 Å². The maximum Gasteiger partial charge on any atom is 0.412 e. The van der Waals surface area contributed by atoms with Crippen LogP contribution in [0.3, 0.4) is 0 Å². The quantitative estimate of drug-likeness (QED) is 0.620. The molecule has 1 aliphatic heterocycles. The highest BCUT2D eigenvalue weighted by atomic mass is 32.2. The summed E-state index contributed by atoms with van der Waals surface area (Å²) >= 11 is 0. The summed E-state index contributed by atoms with van der Waals surface area (Å²) in [6, 6.07) is 7.34. The molecule has 0 radical (unpaired) electrons. The van der Waals surface area contributed by atoms with Crippen molar-refractivity contribution < 1.29 is 41.7 Å². The summed E-state index contributed by atoms with van der Waals surface area (Å²) in [5.74, 6) is -2.07. The molecule has 34 heavy (non-hydrogen) atoms. The van der Waals surface area contributed by atoms with E-state index >= 15 is 0 Å². The van der Waals surface area contributed by atoms with Crippen LogP contribution in [0.1, 0.15) is 27.2 Å². The van der Waals surface area contributed by atoms with Crippen LogP contribution < -0.4 is 19.1 Å². The fraction of sp³-hybridized carbons (Fsp3) is 0.364. The second-order valence-electron chi connectivity index (χ2n) is 8.48. The SMILES string of the molecule is COc1cc(S(=O)(=O)N2CC(CC(=O)O)Oc3ccc(NC(=O)OC(C)(C)C)cc32)ccc1F. The number of nitrogens with one attached hydrogen (secondary N) is 1. The lowest BCUT2D eigenvalue weighted by Gasteiger charge is -2.35. The van der Waals surface area contributed by atoms with Gasteiger partial charge >= 0.3 is 12.1 Å². The predicted octanol–water partition coefficient (Wildman–Crippen LogP) is 3.61. The zero-order valence-corrected chi connectivity index (χ0v) is 19.8. The van der Waals surface area contributed by atoms with E-state index in [0.717, 1.165) is 22.5 Å². The summed E-state index contributed by atoms with van der Waals surface area (Å²) in [6.07, 6.45) is -2.17. The van der Waals surface area contributed by atoms with Crippen molar-refractivity contribution in [3.05, 3.63) is 42.2 Å². The molecule has 1 atom stereocenters. The van der Waals surface area contributed by atoms with E-state index in [1.54, 1.807) is 20.8 Å². The zero-order chi connectivity index (χ0) is 25.3. The van der Waals surface area contributed by atoms with Gasteiger partial charge in [0.25, 0.3) is 10.0 Å². The first-order valence-corrected chi connectivity index (χ1v) is 11.6. The van der Waals surface area contributed by atoms with Crippen LogP contribution in [0, 0.1) is 5.82 Å². The number of halogens is 1. The molecular formula is C22H25FN2O8S. The van der Waals surface area contributed by atoms with E-state index in [1.807, 2.05) is 0 Å². The number of sulfonamides is 1. The van der Waals surface area contributed by atoms with Crippen LogP contribution in [0.15, 0.2) is 41.3 Å². The van der Waals surface area contributed by atoms with E-state index in [1.165, 1.54) is 25.3 Å². The van der Waals surface area contributed by atoms with Gasteiger partial charge in [-0.1, -0.05) is 0 Å². The number of carboxylic acid groups (broad SMARTS) is 1. The maximum atomic E-state index is 13.9.